The number of carbonyl (C=O) groups is 1. The van der Waals surface area contributed by atoms with Crippen LogP contribution in [-0.4, -0.2) is 11.4 Å². The highest BCUT2D eigenvalue weighted by Gasteiger charge is 2.28. The third-order valence-corrected chi connectivity index (χ3v) is 1.93. The molecule has 0 aromatic carbocycles. The van der Waals surface area contributed by atoms with Crippen molar-refractivity contribution in [2.75, 3.05) is 0 Å². The van der Waals surface area contributed by atoms with Crippen LogP contribution < -0.4 is 0 Å². The Bertz CT molecular complexity index is 184. The molecule has 0 fully saturated rings. The molecule has 0 amide bonds. The lowest BCUT2D eigenvalue weighted by molar-refractivity contribution is -0.121. The largest absolute Gasteiger partial charge is 0.495 e. The quantitative estimate of drug-likeness (QED) is 0.608. The molecule has 0 bridgehead atoms. The van der Waals surface area contributed by atoms with Crippen molar-refractivity contribution in [3.05, 3.63) is 12.3 Å². The van der Waals surface area contributed by atoms with Crippen LogP contribution in [0.25, 0.3) is 0 Å². The average Bonchev–Trinajstić information content (AvgIpc) is 1.86. The maximum atomic E-state index is 11.0. The number of rotatable bonds is 2. The number of ether oxygens (including phenoxy) is 1. The smallest absolute Gasteiger partial charge is 0.162 e. The second-order valence-electron chi connectivity index (χ2n) is 3.26. The Morgan fingerprint density at radius 2 is 2.45 bits per heavy atom. The molecule has 1 heterocycles. The zero-order chi connectivity index (χ0) is 8.32. The van der Waals surface area contributed by atoms with Gasteiger partial charge in [0, 0.05) is 12.5 Å². The molecule has 0 aromatic rings. The molecule has 0 saturated carbocycles. The van der Waals surface area contributed by atoms with Gasteiger partial charge in [0.25, 0.3) is 0 Å². The summed E-state index contributed by atoms with van der Waals surface area (Å²) in [5.74, 6) is 0.173. The van der Waals surface area contributed by atoms with Crippen LogP contribution in [0, 0.1) is 0 Å². The van der Waals surface area contributed by atoms with E-state index in [1.54, 1.807) is 0 Å². The Morgan fingerprint density at radius 3 is 3.00 bits per heavy atom. The normalized spacial score (nSPS) is 30.2. The highest BCUT2D eigenvalue weighted by molar-refractivity contribution is 5.90. The van der Waals surface area contributed by atoms with E-state index < -0.39 is 0 Å². The van der Waals surface area contributed by atoms with Crippen molar-refractivity contribution in [2.45, 2.75) is 38.7 Å². The molecule has 1 rings (SSSR count). The van der Waals surface area contributed by atoms with Crippen molar-refractivity contribution >= 4 is 5.78 Å². The first-order valence-electron chi connectivity index (χ1n) is 4.03. The van der Waals surface area contributed by atoms with Crippen LogP contribution in [0.5, 0.6) is 0 Å². The molecule has 62 valence electrons. The van der Waals surface area contributed by atoms with E-state index in [1.807, 2.05) is 6.92 Å². The van der Waals surface area contributed by atoms with Gasteiger partial charge in [0.05, 0.1) is 6.26 Å². The van der Waals surface area contributed by atoms with E-state index in [-0.39, 0.29) is 11.4 Å². The monoisotopic (exact) mass is 154 g/mol. The van der Waals surface area contributed by atoms with Gasteiger partial charge >= 0.3 is 0 Å². The molecule has 0 spiro atoms. The molecule has 0 aromatic heterocycles. The Balaban J connectivity index is 2.59. The van der Waals surface area contributed by atoms with Gasteiger partial charge in [-0.15, -0.1) is 0 Å². The highest BCUT2D eigenvalue weighted by atomic mass is 16.5. The number of hydrogen-bond acceptors (Lipinski definition) is 2. The van der Waals surface area contributed by atoms with Crippen molar-refractivity contribution in [3.63, 3.8) is 0 Å². The summed E-state index contributed by atoms with van der Waals surface area (Å²) in [6.07, 6.45) is 5.54. The first-order valence-corrected chi connectivity index (χ1v) is 4.03. The van der Waals surface area contributed by atoms with Gasteiger partial charge in [0.15, 0.2) is 5.78 Å². The average molecular weight is 154 g/mol. The summed E-state index contributed by atoms with van der Waals surface area (Å²) in [4.78, 5) is 11.0. The molecule has 0 saturated heterocycles. The van der Waals surface area contributed by atoms with E-state index in [0.717, 1.165) is 12.8 Å². The number of ketones is 1. The standard InChI is InChI=1S/C9H14O2/c1-3-5-9(2)7-8(10)4-6-11-9/h4,6H,3,5,7H2,1-2H3. The third-order valence-electron chi connectivity index (χ3n) is 1.93. The van der Waals surface area contributed by atoms with E-state index in [4.69, 9.17) is 4.74 Å². The second kappa shape index (κ2) is 3.07. The van der Waals surface area contributed by atoms with Crippen molar-refractivity contribution in [1.29, 1.82) is 0 Å². The van der Waals surface area contributed by atoms with E-state index in [0.29, 0.717) is 6.42 Å². The summed E-state index contributed by atoms with van der Waals surface area (Å²) < 4.78 is 5.37. The van der Waals surface area contributed by atoms with E-state index in [9.17, 15) is 4.79 Å². The van der Waals surface area contributed by atoms with Crippen molar-refractivity contribution in [2.24, 2.45) is 0 Å². The molecule has 0 N–H and O–H groups in total. The summed E-state index contributed by atoms with van der Waals surface area (Å²) in [6.45, 7) is 4.08. The fraction of sp³-hybridized carbons (Fsp3) is 0.667. The van der Waals surface area contributed by atoms with Crippen molar-refractivity contribution in [1.82, 2.24) is 0 Å². The van der Waals surface area contributed by atoms with E-state index in [1.165, 1.54) is 12.3 Å². The minimum atomic E-state index is -0.236. The Labute approximate surface area is 67.2 Å². The van der Waals surface area contributed by atoms with Gasteiger partial charge in [-0.3, -0.25) is 4.79 Å². The van der Waals surface area contributed by atoms with Crippen molar-refractivity contribution in [3.8, 4) is 0 Å². The number of allylic oxidation sites excluding steroid dienone is 1. The summed E-state index contributed by atoms with van der Waals surface area (Å²) >= 11 is 0. The second-order valence-corrected chi connectivity index (χ2v) is 3.26. The topological polar surface area (TPSA) is 26.3 Å². The van der Waals surface area contributed by atoms with Gasteiger partial charge in [-0.25, -0.2) is 0 Å². The first-order chi connectivity index (χ1) is 5.16. The first kappa shape index (κ1) is 8.31. The van der Waals surface area contributed by atoms with Gasteiger partial charge in [-0.2, -0.15) is 0 Å². The van der Waals surface area contributed by atoms with E-state index in [2.05, 4.69) is 6.92 Å². The third kappa shape index (κ3) is 2.07. The zero-order valence-electron chi connectivity index (χ0n) is 7.09. The predicted octanol–water partition coefficient (Wildman–Crippen LogP) is 2.05. The lowest BCUT2D eigenvalue weighted by Crippen LogP contribution is -2.31. The number of hydrogen-bond donors (Lipinski definition) is 0. The van der Waals surface area contributed by atoms with Gasteiger partial charge in [0.1, 0.15) is 5.60 Å². The molecular weight excluding hydrogens is 140 g/mol. The molecule has 11 heavy (non-hydrogen) atoms. The lowest BCUT2D eigenvalue weighted by atomic mass is 9.92. The van der Waals surface area contributed by atoms with Gasteiger partial charge in [-0.1, -0.05) is 13.3 Å². The summed E-state index contributed by atoms with van der Waals surface area (Å²) in [7, 11) is 0. The lowest BCUT2D eigenvalue weighted by Gasteiger charge is -2.30. The molecule has 1 atom stereocenters. The van der Waals surface area contributed by atoms with Crippen LogP contribution in [-0.2, 0) is 9.53 Å². The Kier molecular flexibility index (Phi) is 2.32. The van der Waals surface area contributed by atoms with Crippen LogP contribution in [0.15, 0.2) is 12.3 Å². The zero-order valence-corrected chi connectivity index (χ0v) is 7.09. The summed E-state index contributed by atoms with van der Waals surface area (Å²) in [6, 6.07) is 0. The van der Waals surface area contributed by atoms with E-state index >= 15 is 0 Å². The highest BCUT2D eigenvalue weighted by Crippen LogP contribution is 2.25. The van der Waals surface area contributed by atoms with Crippen LogP contribution in [0.3, 0.4) is 0 Å². The molecule has 0 radical (unpaired) electrons. The SMILES string of the molecule is CCCC1(C)CC(=O)C=CO1. The minimum absolute atomic E-state index is 0.173. The van der Waals surface area contributed by atoms with Gasteiger partial charge < -0.3 is 4.74 Å². The van der Waals surface area contributed by atoms with Crippen molar-refractivity contribution < 1.29 is 9.53 Å². The maximum Gasteiger partial charge on any atom is 0.162 e. The summed E-state index contributed by atoms with van der Waals surface area (Å²) in [5, 5.41) is 0. The predicted molar refractivity (Wildman–Crippen MR) is 43.2 cm³/mol. The molecule has 0 aliphatic carbocycles. The molecule has 2 nitrogen and oxygen atoms in total. The molecule has 2 heteroatoms. The Morgan fingerprint density at radius 1 is 1.73 bits per heavy atom. The molecular formula is C9H14O2. The van der Waals surface area contributed by atoms with Crippen LogP contribution in [0.4, 0.5) is 0 Å². The van der Waals surface area contributed by atoms with Crippen LogP contribution >= 0.6 is 0 Å². The van der Waals surface area contributed by atoms with Gasteiger partial charge in [0.2, 0.25) is 0 Å². The maximum absolute atomic E-state index is 11.0. The summed E-state index contributed by atoms with van der Waals surface area (Å²) in [5.41, 5.74) is -0.236. The van der Waals surface area contributed by atoms with Gasteiger partial charge in [-0.05, 0) is 13.3 Å². The molecule has 1 aliphatic heterocycles. The molecule has 1 aliphatic rings. The minimum Gasteiger partial charge on any atom is -0.495 e. The molecule has 1 unspecified atom stereocenters. The fourth-order valence-corrected chi connectivity index (χ4v) is 1.42. The van der Waals surface area contributed by atoms with Crippen LogP contribution in [0.1, 0.15) is 33.1 Å². The number of carbonyl (C=O) groups excluding carboxylic acids is 1. The fourth-order valence-electron chi connectivity index (χ4n) is 1.42. The Hall–Kier alpha value is -0.790. The van der Waals surface area contributed by atoms with Crippen LogP contribution in [0.2, 0.25) is 0 Å².